The summed E-state index contributed by atoms with van der Waals surface area (Å²) in [7, 11) is 0. The molecule has 0 saturated carbocycles. The molecule has 0 aliphatic rings. The minimum atomic E-state index is -0.786. The van der Waals surface area contributed by atoms with Gasteiger partial charge in [0.05, 0.1) is 25.0 Å². The van der Waals surface area contributed by atoms with Gasteiger partial charge in [-0.25, -0.2) is 0 Å². The van der Waals surface area contributed by atoms with Crippen LogP contribution in [0.1, 0.15) is 23.0 Å². The number of carbonyl (C=O) groups excluding carboxylic acids is 1. The highest BCUT2D eigenvalue weighted by atomic mass is 16.3. The second-order valence-electron chi connectivity index (χ2n) is 5.06. The zero-order valence-corrected chi connectivity index (χ0v) is 11.9. The molecule has 2 aromatic carbocycles. The number of aliphatic hydroxyl groups is 2. The molecule has 2 rings (SSSR count). The van der Waals surface area contributed by atoms with E-state index in [1.165, 1.54) is 24.3 Å². The number of hydrogen-bond donors (Lipinski definition) is 4. The Kier molecular flexibility index (Phi) is 5.14. The van der Waals surface area contributed by atoms with Crippen molar-refractivity contribution < 1.29 is 25.2 Å². The molecule has 0 heterocycles. The molecule has 5 heteroatoms. The largest absolute Gasteiger partial charge is 0.508 e. The van der Waals surface area contributed by atoms with Crippen molar-refractivity contribution >= 4 is 5.78 Å². The monoisotopic (exact) mass is 302 g/mol. The number of phenols is 2. The minimum absolute atomic E-state index is 0.0742. The molecular formula is C17H18O5. The van der Waals surface area contributed by atoms with Crippen LogP contribution >= 0.6 is 0 Å². The van der Waals surface area contributed by atoms with E-state index >= 15 is 0 Å². The SMILES string of the molecule is O=C(C(CO)c1ccc(O)cc1)C(CO)c1ccc(O)cc1. The van der Waals surface area contributed by atoms with Crippen molar-refractivity contribution in [3.8, 4) is 11.5 Å². The minimum Gasteiger partial charge on any atom is -0.508 e. The molecule has 0 bridgehead atoms. The quantitative estimate of drug-likeness (QED) is 0.648. The molecule has 0 aliphatic carbocycles. The second-order valence-corrected chi connectivity index (χ2v) is 5.06. The molecule has 0 saturated heterocycles. The average Bonchev–Trinajstić information content (AvgIpc) is 2.52. The van der Waals surface area contributed by atoms with Gasteiger partial charge in [0.1, 0.15) is 11.5 Å². The van der Waals surface area contributed by atoms with Gasteiger partial charge in [-0.3, -0.25) is 4.79 Å². The maximum atomic E-state index is 12.6. The van der Waals surface area contributed by atoms with Crippen molar-refractivity contribution in [2.24, 2.45) is 0 Å². The Morgan fingerprint density at radius 3 is 1.32 bits per heavy atom. The van der Waals surface area contributed by atoms with Gasteiger partial charge < -0.3 is 20.4 Å². The van der Waals surface area contributed by atoms with E-state index in [4.69, 9.17) is 0 Å². The molecule has 22 heavy (non-hydrogen) atoms. The lowest BCUT2D eigenvalue weighted by Gasteiger charge is -2.20. The second kappa shape index (κ2) is 7.06. The summed E-state index contributed by atoms with van der Waals surface area (Å²) in [4.78, 5) is 12.6. The van der Waals surface area contributed by atoms with Crippen molar-refractivity contribution in [1.29, 1.82) is 0 Å². The fraction of sp³-hybridized carbons (Fsp3) is 0.235. The standard InChI is InChI=1S/C17H18O5/c18-9-15(11-1-5-13(20)6-2-11)17(22)16(10-19)12-3-7-14(21)8-4-12/h1-8,15-16,18-21H,9-10H2. The van der Waals surface area contributed by atoms with Crippen LogP contribution in [-0.4, -0.2) is 39.4 Å². The lowest BCUT2D eigenvalue weighted by atomic mass is 9.84. The summed E-state index contributed by atoms with van der Waals surface area (Å²) in [5.74, 6) is -1.74. The fourth-order valence-electron chi connectivity index (χ4n) is 2.38. The topological polar surface area (TPSA) is 98.0 Å². The van der Waals surface area contributed by atoms with Crippen LogP contribution in [0.5, 0.6) is 11.5 Å². The van der Waals surface area contributed by atoms with Crippen LogP contribution in [0, 0.1) is 0 Å². The van der Waals surface area contributed by atoms with Crippen molar-refractivity contribution in [2.75, 3.05) is 13.2 Å². The summed E-state index contributed by atoms with van der Waals surface area (Å²) >= 11 is 0. The summed E-state index contributed by atoms with van der Waals surface area (Å²) in [6.07, 6.45) is 0. The smallest absolute Gasteiger partial charge is 0.152 e. The Labute approximate surface area is 128 Å². The molecule has 2 unspecified atom stereocenters. The third-order valence-corrected chi connectivity index (χ3v) is 3.64. The number of phenolic OH excluding ortho intramolecular Hbond substituents is 2. The molecule has 0 amide bonds. The van der Waals surface area contributed by atoms with E-state index in [9.17, 15) is 25.2 Å². The molecule has 0 fully saturated rings. The molecule has 2 aromatic rings. The molecule has 0 spiro atoms. The molecule has 4 N–H and O–H groups in total. The van der Waals surface area contributed by atoms with E-state index in [1.54, 1.807) is 24.3 Å². The number of ketones is 1. The van der Waals surface area contributed by atoms with E-state index in [-0.39, 0.29) is 17.3 Å². The molecule has 5 nitrogen and oxygen atoms in total. The van der Waals surface area contributed by atoms with Crippen LogP contribution in [0.4, 0.5) is 0 Å². The van der Waals surface area contributed by atoms with Gasteiger partial charge in [0.2, 0.25) is 0 Å². The Morgan fingerprint density at radius 2 is 1.05 bits per heavy atom. The number of benzene rings is 2. The maximum Gasteiger partial charge on any atom is 0.152 e. The van der Waals surface area contributed by atoms with Gasteiger partial charge in [-0.2, -0.15) is 0 Å². The van der Waals surface area contributed by atoms with Crippen LogP contribution in [0.15, 0.2) is 48.5 Å². The van der Waals surface area contributed by atoms with E-state index in [0.717, 1.165) is 0 Å². The number of carbonyl (C=O) groups is 1. The zero-order valence-electron chi connectivity index (χ0n) is 11.9. The van der Waals surface area contributed by atoms with E-state index < -0.39 is 25.0 Å². The first-order chi connectivity index (χ1) is 10.6. The summed E-state index contributed by atoms with van der Waals surface area (Å²) in [5, 5.41) is 37.7. The third kappa shape index (κ3) is 3.44. The zero-order chi connectivity index (χ0) is 16.1. The van der Waals surface area contributed by atoms with E-state index in [2.05, 4.69) is 0 Å². The number of aromatic hydroxyl groups is 2. The van der Waals surface area contributed by atoms with Gasteiger partial charge in [0.25, 0.3) is 0 Å². The Morgan fingerprint density at radius 1 is 0.727 bits per heavy atom. The number of rotatable bonds is 6. The average molecular weight is 302 g/mol. The highest BCUT2D eigenvalue weighted by Crippen LogP contribution is 2.28. The predicted octanol–water partition coefficient (Wildman–Crippen LogP) is 1.52. The van der Waals surface area contributed by atoms with Crippen LogP contribution in [0.3, 0.4) is 0 Å². The summed E-state index contributed by atoms with van der Waals surface area (Å²) in [5.41, 5.74) is 1.14. The number of Topliss-reactive ketones (excluding diaryl/α,β-unsaturated/α-hetero) is 1. The molecule has 0 aromatic heterocycles. The Bertz CT molecular complexity index is 563. The van der Waals surface area contributed by atoms with Crippen LogP contribution in [0.2, 0.25) is 0 Å². The number of hydrogen-bond acceptors (Lipinski definition) is 5. The van der Waals surface area contributed by atoms with Crippen molar-refractivity contribution in [3.05, 3.63) is 59.7 Å². The molecular weight excluding hydrogens is 284 g/mol. The van der Waals surface area contributed by atoms with Gasteiger partial charge in [-0.1, -0.05) is 24.3 Å². The van der Waals surface area contributed by atoms with E-state index in [1.807, 2.05) is 0 Å². The number of aliphatic hydroxyl groups excluding tert-OH is 2. The normalized spacial score (nSPS) is 13.5. The first kappa shape index (κ1) is 16.0. The van der Waals surface area contributed by atoms with Gasteiger partial charge in [-0.05, 0) is 35.4 Å². The van der Waals surface area contributed by atoms with Gasteiger partial charge in [0.15, 0.2) is 5.78 Å². The summed E-state index contributed by atoms with van der Waals surface area (Å²) in [6, 6.07) is 12.1. The van der Waals surface area contributed by atoms with Gasteiger partial charge in [-0.15, -0.1) is 0 Å². The van der Waals surface area contributed by atoms with E-state index in [0.29, 0.717) is 11.1 Å². The van der Waals surface area contributed by atoms with Crippen molar-refractivity contribution in [2.45, 2.75) is 11.8 Å². The molecule has 0 aliphatic heterocycles. The lowest BCUT2D eigenvalue weighted by molar-refractivity contribution is -0.123. The van der Waals surface area contributed by atoms with Crippen LogP contribution in [0.25, 0.3) is 0 Å². The molecule has 2 atom stereocenters. The van der Waals surface area contributed by atoms with Crippen LogP contribution < -0.4 is 0 Å². The maximum absolute atomic E-state index is 12.6. The van der Waals surface area contributed by atoms with Crippen molar-refractivity contribution in [3.63, 3.8) is 0 Å². The highest BCUT2D eigenvalue weighted by molar-refractivity contribution is 5.92. The third-order valence-electron chi connectivity index (χ3n) is 3.64. The lowest BCUT2D eigenvalue weighted by Crippen LogP contribution is -2.25. The Hall–Kier alpha value is -2.37. The molecule has 116 valence electrons. The highest BCUT2D eigenvalue weighted by Gasteiger charge is 2.28. The van der Waals surface area contributed by atoms with Gasteiger partial charge >= 0.3 is 0 Å². The fourth-order valence-corrected chi connectivity index (χ4v) is 2.38. The summed E-state index contributed by atoms with van der Waals surface area (Å²) in [6.45, 7) is -0.781. The predicted molar refractivity (Wildman–Crippen MR) is 80.9 cm³/mol. The van der Waals surface area contributed by atoms with Crippen molar-refractivity contribution in [1.82, 2.24) is 0 Å². The van der Waals surface area contributed by atoms with Gasteiger partial charge in [0, 0.05) is 0 Å². The first-order valence-corrected chi connectivity index (χ1v) is 6.90. The Balaban J connectivity index is 2.29. The van der Waals surface area contributed by atoms with Crippen LogP contribution in [-0.2, 0) is 4.79 Å². The summed E-state index contributed by atoms with van der Waals surface area (Å²) < 4.78 is 0. The first-order valence-electron chi connectivity index (χ1n) is 6.90. The molecule has 0 radical (unpaired) electrons.